The summed E-state index contributed by atoms with van der Waals surface area (Å²) in [6.07, 6.45) is 2.55. The van der Waals surface area contributed by atoms with Gasteiger partial charge in [-0.25, -0.2) is 9.97 Å². The molecule has 0 saturated carbocycles. The second-order valence-corrected chi connectivity index (χ2v) is 11.1. The van der Waals surface area contributed by atoms with E-state index in [2.05, 4.69) is 26.3 Å². The van der Waals surface area contributed by atoms with Crippen molar-refractivity contribution >= 4 is 29.1 Å². The highest BCUT2D eigenvalue weighted by molar-refractivity contribution is 6.43. The zero-order valence-electron chi connectivity index (χ0n) is 24.5. The summed E-state index contributed by atoms with van der Waals surface area (Å²) < 4.78 is 0. The molecule has 0 N–H and O–H groups in total. The highest BCUT2D eigenvalue weighted by atomic mass is 35.5. The van der Waals surface area contributed by atoms with Crippen LogP contribution in [0.25, 0.3) is 0 Å². The SMILES string of the molecule is C=C(CN(C)CCN(C)C)C(=O)Cc1cccc(Cc2ncc(Cl)c(Cc3ccccc3C(=O)C(=O)N(C)C)n2)c1. The highest BCUT2D eigenvalue weighted by Gasteiger charge is 2.22. The third-order valence-corrected chi connectivity index (χ3v) is 6.91. The molecule has 1 aromatic heterocycles. The molecule has 2 aromatic carbocycles. The lowest BCUT2D eigenvalue weighted by Gasteiger charge is -2.20. The summed E-state index contributed by atoms with van der Waals surface area (Å²) in [7, 11) is 9.12. The van der Waals surface area contributed by atoms with Crippen molar-refractivity contribution in [1.29, 1.82) is 0 Å². The largest absolute Gasteiger partial charge is 0.342 e. The number of benzene rings is 2. The van der Waals surface area contributed by atoms with Crippen LogP contribution in [0.3, 0.4) is 0 Å². The lowest BCUT2D eigenvalue weighted by molar-refractivity contribution is -0.124. The van der Waals surface area contributed by atoms with Crippen LogP contribution >= 0.6 is 11.6 Å². The molecule has 3 aromatic rings. The average molecular weight is 576 g/mol. The van der Waals surface area contributed by atoms with Crippen LogP contribution in [0, 0.1) is 0 Å². The van der Waals surface area contributed by atoms with Crippen LogP contribution in [0.1, 0.15) is 38.6 Å². The molecule has 1 heterocycles. The molecular weight excluding hydrogens is 538 g/mol. The first-order valence-electron chi connectivity index (χ1n) is 13.4. The molecule has 1 amide bonds. The van der Waals surface area contributed by atoms with Gasteiger partial charge in [-0.2, -0.15) is 0 Å². The Balaban J connectivity index is 1.71. The van der Waals surface area contributed by atoms with Crippen molar-refractivity contribution in [2.45, 2.75) is 19.3 Å². The first kappa shape index (κ1) is 31.8. The quantitative estimate of drug-likeness (QED) is 0.164. The molecule has 0 atom stereocenters. The van der Waals surface area contributed by atoms with Crippen molar-refractivity contribution < 1.29 is 14.4 Å². The maximum absolute atomic E-state index is 12.8. The Bertz CT molecular complexity index is 1420. The number of halogens is 1. The average Bonchev–Trinajstić information content (AvgIpc) is 2.93. The first-order valence-corrected chi connectivity index (χ1v) is 13.8. The lowest BCUT2D eigenvalue weighted by atomic mass is 9.98. The second kappa shape index (κ2) is 14.8. The Morgan fingerprint density at radius 3 is 2.32 bits per heavy atom. The summed E-state index contributed by atoms with van der Waals surface area (Å²) in [6.45, 7) is 6.32. The van der Waals surface area contributed by atoms with Gasteiger partial charge in [0, 0.05) is 70.3 Å². The van der Waals surface area contributed by atoms with Crippen LogP contribution in [0.2, 0.25) is 5.02 Å². The predicted octanol–water partition coefficient (Wildman–Crippen LogP) is 3.74. The van der Waals surface area contributed by atoms with Gasteiger partial charge in [0.1, 0.15) is 5.82 Å². The van der Waals surface area contributed by atoms with Gasteiger partial charge in [-0.15, -0.1) is 0 Å². The zero-order chi connectivity index (χ0) is 30.1. The summed E-state index contributed by atoms with van der Waals surface area (Å²) in [5.74, 6) is -0.590. The van der Waals surface area contributed by atoms with Gasteiger partial charge < -0.3 is 14.7 Å². The summed E-state index contributed by atoms with van der Waals surface area (Å²) >= 11 is 6.44. The third-order valence-electron chi connectivity index (χ3n) is 6.59. The summed E-state index contributed by atoms with van der Waals surface area (Å²) in [5.41, 5.74) is 4.00. The van der Waals surface area contributed by atoms with Gasteiger partial charge in [-0.05, 0) is 37.8 Å². The van der Waals surface area contributed by atoms with E-state index in [-0.39, 0.29) is 18.6 Å². The number of amides is 1. The molecule has 0 aliphatic heterocycles. The lowest BCUT2D eigenvalue weighted by Crippen LogP contribution is -2.31. The number of hydrogen-bond acceptors (Lipinski definition) is 7. The topological polar surface area (TPSA) is 86.7 Å². The molecule has 41 heavy (non-hydrogen) atoms. The monoisotopic (exact) mass is 575 g/mol. The van der Waals surface area contributed by atoms with E-state index in [1.807, 2.05) is 51.5 Å². The molecular formula is C32H38ClN5O3. The van der Waals surface area contributed by atoms with Crippen LogP contribution in [0.15, 0.2) is 66.9 Å². The molecule has 3 rings (SSSR count). The molecule has 0 radical (unpaired) electrons. The number of likely N-dealkylation sites (N-methyl/N-ethyl adjacent to an activating group) is 3. The molecule has 9 heteroatoms. The Morgan fingerprint density at radius 1 is 0.902 bits per heavy atom. The molecule has 0 saturated heterocycles. The summed E-state index contributed by atoms with van der Waals surface area (Å²) in [5, 5.41) is 0.378. The summed E-state index contributed by atoms with van der Waals surface area (Å²) in [6, 6.07) is 14.8. The Kier molecular flexibility index (Phi) is 11.5. The fraction of sp³-hybridized carbons (Fsp3) is 0.344. The second-order valence-electron chi connectivity index (χ2n) is 10.7. The van der Waals surface area contributed by atoms with E-state index in [1.165, 1.54) is 4.90 Å². The molecule has 8 nitrogen and oxygen atoms in total. The number of carbonyl (C=O) groups excluding carboxylic acids is 3. The Morgan fingerprint density at radius 2 is 1.61 bits per heavy atom. The first-order chi connectivity index (χ1) is 19.4. The van der Waals surface area contributed by atoms with Crippen molar-refractivity contribution in [1.82, 2.24) is 24.7 Å². The van der Waals surface area contributed by atoms with Crippen molar-refractivity contribution in [3.63, 3.8) is 0 Å². The van der Waals surface area contributed by atoms with Crippen molar-refractivity contribution in [3.8, 4) is 0 Å². The van der Waals surface area contributed by atoms with Gasteiger partial charge in [0.2, 0.25) is 0 Å². The number of carbonyl (C=O) groups is 3. The molecule has 0 aliphatic rings. The maximum Gasteiger partial charge on any atom is 0.294 e. The van der Waals surface area contributed by atoms with Crippen LogP contribution in [0.5, 0.6) is 0 Å². The number of aromatic nitrogens is 2. The van der Waals surface area contributed by atoms with Crippen LogP contribution in [0.4, 0.5) is 0 Å². The third kappa shape index (κ3) is 9.42. The van der Waals surface area contributed by atoms with E-state index in [0.717, 1.165) is 24.2 Å². The van der Waals surface area contributed by atoms with Gasteiger partial charge in [0.25, 0.3) is 11.7 Å². The van der Waals surface area contributed by atoms with Crippen molar-refractivity contribution in [3.05, 3.63) is 106 Å². The molecule has 0 bridgehead atoms. The van der Waals surface area contributed by atoms with E-state index >= 15 is 0 Å². The smallest absolute Gasteiger partial charge is 0.294 e. The van der Waals surface area contributed by atoms with Gasteiger partial charge in [-0.1, -0.05) is 66.7 Å². The molecule has 0 unspecified atom stereocenters. The van der Waals surface area contributed by atoms with E-state index in [1.54, 1.807) is 38.5 Å². The number of nitrogens with zero attached hydrogens (tertiary/aromatic N) is 5. The molecule has 216 valence electrons. The van der Waals surface area contributed by atoms with Gasteiger partial charge in [0.05, 0.1) is 10.7 Å². The van der Waals surface area contributed by atoms with Crippen molar-refractivity contribution in [2.24, 2.45) is 0 Å². The minimum absolute atomic E-state index is 0.0184. The Labute approximate surface area is 247 Å². The molecule has 0 spiro atoms. The van der Waals surface area contributed by atoms with E-state index < -0.39 is 11.7 Å². The van der Waals surface area contributed by atoms with E-state index in [0.29, 0.717) is 46.2 Å². The predicted molar refractivity (Wildman–Crippen MR) is 162 cm³/mol. The van der Waals surface area contributed by atoms with E-state index in [9.17, 15) is 14.4 Å². The van der Waals surface area contributed by atoms with Crippen LogP contribution in [-0.2, 0) is 28.9 Å². The zero-order valence-corrected chi connectivity index (χ0v) is 25.2. The minimum Gasteiger partial charge on any atom is -0.342 e. The minimum atomic E-state index is -0.592. The van der Waals surface area contributed by atoms with E-state index in [4.69, 9.17) is 11.6 Å². The van der Waals surface area contributed by atoms with Crippen LogP contribution in [-0.4, -0.2) is 97.0 Å². The maximum atomic E-state index is 12.8. The number of ketones is 2. The highest BCUT2D eigenvalue weighted by Crippen LogP contribution is 2.21. The van der Waals surface area contributed by atoms with Crippen LogP contribution < -0.4 is 0 Å². The number of hydrogen-bond donors (Lipinski definition) is 0. The van der Waals surface area contributed by atoms with Gasteiger partial charge in [-0.3, -0.25) is 14.4 Å². The number of Topliss-reactive ketones (excluding diaryl/α,β-unsaturated/α-hetero) is 2. The fourth-order valence-corrected chi connectivity index (χ4v) is 4.41. The Hall–Kier alpha value is -3.72. The van der Waals surface area contributed by atoms with Crippen molar-refractivity contribution in [2.75, 3.05) is 54.9 Å². The fourth-order valence-electron chi connectivity index (χ4n) is 4.25. The summed E-state index contributed by atoms with van der Waals surface area (Å²) in [4.78, 5) is 52.4. The van der Waals surface area contributed by atoms with Gasteiger partial charge in [0.15, 0.2) is 5.78 Å². The normalized spacial score (nSPS) is 11.1. The molecule has 0 aliphatic carbocycles. The van der Waals surface area contributed by atoms with Gasteiger partial charge >= 0.3 is 0 Å². The number of rotatable bonds is 14. The standard InChI is InChI=1S/C32H38ClN5O3/c1-22(21-38(6)15-14-36(2)3)29(39)17-23-10-9-11-24(16-23)18-30-34-20-27(33)28(35-30)19-25-12-7-8-13-26(25)31(40)32(41)37(4)5/h7-13,16,20H,1,14-15,17-19,21H2,2-6H3. The molecule has 0 fully saturated rings.